The highest BCUT2D eigenvalue weighted by molar-refractivity contribution is 7.91. The predicted molar refractivity (Wildman–Crippen MR) is 79.1 cm³/mol. The molecule has 21 heavy (non-hydrogen) atoms. The highest BCUT2D eigenvalue weighted by atomic mass is 32.2. The Morgan fingerprint density at radius 3 is 2.81 bits per heavy atom. The Kier molecular flexibility index (Phi) is 4.71. The molecule has 0 aliphatic carbocycles. The number of carboxylic acids is 1. The third-order valence-electron chi connectivity index (χ3n) is 2.74. The summed E-state index contributed by atoms with van der Waals surface area (Å²) in [6.07, 6.45) is 1.74. The zero-order valence-corrected chi connectivity index (χ0v) is 12.9. The molecule has 0 aliphatic rings. The summed E-state index contributed by atoms with van der Waals surface area (Å²) in [6.45, 7) is 1.93. The maximum Gasteiger partial charge on any atom is 0.335 e. The van der Waals surface area contributed by atoms with Gasteiger partial charge in [-0.05, 0) is 31.0 Å². The standard InChI is InChI=1S/C13H14N2O4S2/c1-9-14-8-12(20-9)21(18,19)15-6-5-10-3-2-4-11(7-10)13(16)17/h2-4,7-8,15H,5-6H2,1H3,(H,16,17). The average molecular weight is 326 g/mol. The van der Waals surface area contributed by atoms with Gasteiger partial charge in [0.2, 0.25) is 0 Å². The van der Waals surface area contributed by atoms with E-state index in [1.54, 1.807) is 19.1 Å². The predicted octanol–water partition coefficient (Wildman–Crippen LogP) is 1.67. The van der Waals surface area contributed by atoms with E-state index in [1.165, 1.54) is 18.3 Å². The second-order valence-electron chi connectivity index (χ2n) is 4.35. The number of benzene rings is 1. The number of sulfonamides is 1. The fraction of sp³-hybridized carbons (Fsp3) is 0.231. The van der Waals surface area contributed by atoms with Gasteiger partial charge in [-0.1, -0.05) is 12.1 Å². The molecule has 0 saturated carbocycles. The number of hydrogen-bond donors (Lipinski definition) is 2. The van der Waals surface area contributed by atoms with E-state index in [1.807, 2.05) is 0 Å². The first kappa shape index (κ1) is 15.6. The van der Waals surface area contributed by atoms with Crippen molar-refractivity contribution in [3.8, 4) is 0 Å². The summed E-state index contributed by atoms with van der Waals surface area (Å²) in [6, 6.07) is 6.43. The van der Waals surface area contributed by atoms with Crippen LogP contribution in [0.2, 0.25) is 0 Å². The van der Waals surface area contributed by atoms with E-state index in [2.05, 4.69) is 9.71 Å². The molecule has 1 aromatic heterocycles. The molecule has 0 radical (unpaired) electrons. The molecule has 1 aromatic carbocycles. The lowest BCUT2D eigenvalue weighted by Gasteiger charge is -2.05. The van der Waals surface area contributed by atoms with Gasteiger partial charge >= 0.3 is 5.97 Å². The van der Waals surface area contributed by atoms with Gasteiger partial charge in [-0.25, -0.2) is 22.9 Å². The van der Waals surface area contributed by atoms with Crippen LogP contribution in [0, 0.1) is 6.92 Å². The number of aromatic nitrogens is 1. The van der Waals surface area contributed by atoms with Crippen molar-refractivity contribution in [1.29, 1.82) is 0 Å². The molecule has 2 N–H and O–H groups in total. The first-order valence-electron chi connectivity index (χ1n) is 6.13. The number of aromatic carboxylic acids is 1. The molecule has 0 bridgehead atoms. The van der Waals surface area contributed by atoms with Gasteiger partial charge in [-0.2, -0.15) is 0 Å². The Bertz CT molecular complexity index is 753. The third kappa shape index (κ3) is 4.10. The molecule has 0 unspecified atom stereocenters. The molecule has 6 nitrogen and oxygen atoms in total. The number of carbonyl (C=O) groups is 1. The summed E-state index contributed by atoms with van der Waals surface area (Å²) in [5.41, 5.74) is 0.950. The lowest BCUT2D eigenvalue weighted by Crippen LogP contribution is -2.25. The minimum absolute atomic E-state index is 0.180. The van der Waals surface area contributed by atoms with Crippen molar-refractivity contribution in [1.82, 2.24) is 9.71 Å². The third-order valence-corrected chi connectivity index (χ3v) is 5.58. The van der Waals surface area contributed by atoms with Crippen LogP contribution in [0.25, 0.3) is 0 Å². The van der Waals surface area contributed by atoms with Gasteiger partial charge in [0.15, 0.2) is 4.21 Å². The van der Waals surface area contributed by atoms with Gasteiger partial charge in [0.25, 0.3) is 10.0 Å². The Hall–Kier alpha value is -1.77. The van der Waals surface area contributed by atoms with Crippen LogP contribution < -0.4 is 4.72 Å². The number of hydrogen-bond acceptors (Lipinski definition) is 5. The van der Waals surface area contributed by atoms with Crippen molar-refractivity contribution < 1.29 is 18.3 Å². The summed E-state index contributed by atoms with van der Waals surface area (Å²) >= 11 is 1.11. The molecule has 2 rings (SSSR count). The van der Waals surface area contributed by atoms with Crippen molar-refractivity contribution in [2.45, 2.75) is 17.6 Å². The van der Waals surface area contributed by atoms with E-state index in [0.717, 1.165) is 16.9 Å². The highest BCUT2D eigenvalue weighted by Gasteiger charge is 2.16. The van der Waals surface area contributed by atoms with E-state index >= 15 is 0 Å². The van der Waals surface area contributed by atoms with Crippen LogP contribution in [0.5, 0.6) is 0 Å². The lowest BCUT2D eigenvalue weighted by molar-refractivity contribution is 0.0696. The molecular formula is C13H14N2O4S2. The molecule has 0 aliphatic heterocycles. The molecule has 2 aromatic rings. The smallest absolute Gasteiger partial charge is 0.335 e. The van der Waals surface area contributed by atoms with Gasteiger partial charge < -0.3 is 5.11 Å². The number of carboxylic acid groups (broad SMARTS) is 1. The molecular weight excluding hydrogens is 312 g/mol. The molecule has 8 heteroatoms. The summed E-state index contributed by atoms with van der Waals surface area (Å²) in [4.78, 5) is 14.8. The fourth-order valence-corrected chi connectivity index (χ4v) is 3.91. The fourth-order valence-electron chi connectivity index (χ4n) is 1.73. The van der Waals surface area contributed by atoms with Crippen molar-refractivity contribution in [2.24, 2.45) is 0 Å². The van der Waals surface area contributed by atoms with Crippen molar-refractivity contribution >= 4 is 27.3 Å². The van der Waals surface area contributed by atoms with Crippen LogP contribution >= 0.6 is 11.3 Å². The van der Waals surface area contributed by atoms with Gasteiger partial charge in [-0.15, -0.1) is 11.3 Å². The molecule has 0 amide bonds. The van der Waals surface area contributed by atoms with Crippen molar-refractivity contribution in [2.75, 3.05) is 6.54 Å². The maximum absolute atomic E-state index is 12.0. The lowest BCUT2D eigenvalue weighted by atomic mass is 10.1. The second kappa shape index (κ2) is 6.33. The normalized spacial score (nSPS) is 11.5. The van der Waals surface area contributed by atoms with Crippen LogP contribution in [-0.2, 0) is 16.4 Å². The van der Waals surface area contributed by atoms with E-state index in [9.17, 15) is 13.2 Å². The Labute approximate surface area is 126 Å². The number of thiazole rings is 1. The Morgan fingerprint density at radius 2 is 2.19 bits per heavy atom. The van der Waals surface area contributed by atoms with E-state index in [-0.39, 0.29) is 16.3 Å². The molecule has 1 heterocycles. The first-order valence-corrected chi connectivity index (χ1v) is 8.43. The topological polar surface area (TPSA) is 96.4 Å². The summed E-state index contributed by atoms with van der Waals surface area (Å²) in [5, 5.41) is 9.58. The van der Waals surface area contributed by atoms with Crippen LogP contribution in [0.3, 0.4) is 0 Å². The number of nitrogens with zero attached hydrogens (tertiary/aromatic N) is 1. The molecule has 112 valence electrons. The van der Waals surface area contributed by atoms with Gasteiger partial charge in [0.1, 0.15) is 0 Å². The summed E-state index contributed by atoms with van der Waals surface area (Å²) < 4.78 is 26.6. The minimum Gasteiger partial charge on any atom is -0.478 e. The highest BCUT2D eigenvalue weighted by Crippen LogP contribution is 2.17. The van der Waals surface area contributed by atoms with E-state index in [4.69, 9.17) is 5.11 Å². The summed E-state index contributed by atoms with van der Waals surface area (Å²) in [7, 11) is -3.55. The average Bonchev–Trinajstić information content (AvgIpc) is 2.86. The largest absolute Gasteiger partial charge is 0.478 e. The van der Waals surface area contributed by atoms with Gasteiger partial charge in [-0.3, -0.25) is 0 Å². The zero-order valence-electron chi connectivity index (χ0n) is 11.2. The number of nitrogens with one attached hydrogen (secondary N) is 1. The SMILES string of the molecule is Cc1ncc(S(=O)(=O)NCCc2cccc(C(=O)O)c2)s1. The monoisotopic (exact) mass is 326 g/mol. The van der Waals surface area contributed by atoms with Crippen LogP contribution in [0.1, 0.15) is 20.9 Å². The van der Waals surface area contributed by atoms with Crippen LogP contribution in [-0.4, -0.2) is 31.0 Å². The van der Waals surface area contributed by atoms with Crippen molar-refractivity contribution in [3.05, 3.63) is 46.6 Å². The van der Waals surface area contributed by atoms with Crippen molar-refractivity contribution in [3.63, 3.8) is 0 Å². The Balaban J connectivity index is 1.98. The van der Waals surface area contributed by atoms with Crippen LogP contribution in [0.4, 0.5) is 0 Å². The minimum atomic E-state index is -3.55. The number of rotatable bonds is 6. The van der Waals surface area contributed by atoms with E-state index in [0.29, 0.717) is 11.4 Å². The molecule has 0 spiro atoms. The molecule has 0 atom stereocenters. The van der Waals surface area contributed by atoms with Gasteiger partial charge in [0, 0.05) is 6.54 Å². The number of aryl methyl sites for hydroxylation is 1. The van der Waals surface area contributed by atoms with Crippen LogP contribution in [0.15, 0.2) is 34.7 Å². The molecule has 0 saturated heterocycles. The quantitative estimate of drug-likeness (QED) is 0.842. The maximum atomic E-state index is 12.0. The van der Waals surface area contributed by atoms with E-state index < -0.39 is 16.0 Å². The summed E-state index contributed by atoms with van der Waals surface area (Å²) in [5.74, 6) is -1.00. The first-order chi connectivity index (χ1) is 9.88. The Morgan fingerprint density at radius 1 is 1.43 bits per heavy atom. The molecule has 0 fully saturated rings. The van der Waals surface area contributed by atoms with Gasteiger partial charge in [0.05, 0.1) is 16.8 Å². The zero-order chi connectivity index (χ0) is 15.5. The second-order valence-corrected chi connectivity index (χ2v) is 7.58.